The number of hydrogen-bond donors (Lipinski definition) is 3. The second-order valence-corrected chi connectivity index (χ2v) is 13.7. The largest absolute Gasteiger partial charge is 0.395 e. The summed E-state index contributed by atoms with van der Waals surface area (Å²) in [5.41, 5.74) is 8.22. The molecule has 0 spiro atoms. The number of halogens is 2. The van der Waals surface area contributed by atoms with Gasteiger partial charge < -0.3 is 21.1 Å². The van der Waals surface area contributed by atoms with Crippen molar-refractivity contribution in [2.24, 2.45) is 17.1 Å². The van der Waals surface area contributed by atoms with Crippen molar-refractivity contribution in [3.63, 3.8) is 0 Å². The van der Waals surface area contributed by atoms with Gasteiger partial charge >= 0.3 is 0 Å². The van der Waals surface area contributed by atoms with Crippen LogP contribution in [-0.2, 0) is 4.79 Å². The summed E-state index contributed by atoms with van der Waals surface area (Å²) in [5.74, 6) is 0.223. The first-order chi connectivity index (χ1) is 18.0. The third kappa shape index (κ3) is 6.94. The zero-order chi connectivity index (χ0) is 27.5. The summed E-state index contributed by atoms with van der Waals surface area (Å²) in [4.78, 5) is 17.8. The number of nitrogens with one attached hydrogen (secondary N) is 1. The van der Waals surface area contributed by atoms with Crippen molar-refractivity contribution in [2.75, 3.05) is 39.3 Å². The molecule has 212 valence electrons. The minimum Gasteiger partial charge on any atom is -0.395 e. The van der Waals surface area contributed by atoms with E-state index in [-0.39, 0.29) is 47.2 Å². The number of nitrogens with two attached hydrogens (primary N) is 1. The van der Waals surface area contributed by atoms with Crippen LogP contribution in [0.15, 0.2) is 36.4 Å². The van der Waals surface area contributed by atoms with Crippen molar-refractivity contribution in [3.05, 3.63) is 47.0 Å². The van der Waals surface area contributed by atoms with Crippen LogP contribution in [0.4, 0.5) is 0 Å². The predicted molar refractivity (Wildman–Crippen MR) is 157 cm³/mol. The molecular weight excluding hydrogens is 519 g/mol. The van der Waals surface area contributed by atoms with E-state index >= 15 is 0 Å². The third-order valence-corrected chi connectivity index (χ3v) is 9.31. The molecule has 1 aromatic rings. The number of alkyl halides is 1. The third-order valence-electron chi connectivity index (χ3n) is 8.71. The Morgan fingerprint density at radius 1 is 1.18 bits per heavy atom. The lowest BCUT2D eigenvalue weighted by molar-refractivity contribution is -0.133. The molecule has 3 aliphatic rings. The van der Waals surface area contributed by atoms with E-state index in [2.05, 4.69) is 49.2 Å². The van der Waals surface area contributed by atoms with Gasteiger partial charge in [0.1, 0.15) is 0 Å². The molecular formula is C30H46Cl2N4O2. The number of rotatable bonds is 7. The van der Waals surface area contributed by atoms with Crippen molar-refractivity contribution in [3.8, 4) is 0 Å². The van der Waals surface area contributed by atoms with Gasteiger partial charge in [0, 0.05) is 67.7 Å². The summed E-state index contributed by atoms with van der Waals surface area (Å²) in [7, 11) is 0. The van der Waals surface area contributed by atoms with Crippen molar-refractivity contribution < 1.29 is 9.90 Å². The highest BCUT2D eigenvalue weighted by molar-refractivity contribution is 6.30. The topological polar surface area (TPSA) is 81.8 Å². The molecule has 8 heteroatoms. The first kappa shape index (κ1) is 29.8. The molecule has 4 N–H and O–H groups in total. The lowest BCUT2D eigenvalue weighted by Gasteiger charge is -2.44. The number of nitrogens with zero attached hydrogens (tertiary/aromatic N) is 2. The van der Waals surface area contributed by atoms with E-state index in [1.165, 1.54) is 0 Å². The highest BCUT2D eigenvalue weighted by atomic mass is 35.5. The molecule has 2 heterocycles. The monoisotopic (exact) mass is 564 g/mol. The van der Waals surface area contributed by atoms with Gasteiger partial charge in [0.2, 0.25) is 5.91 Å². The van der Waals surface area contributed by atoms with Crippen LogP contribution in [0, 0.1) is 11.3 Å². The molecule has 1 aliphatic carbocycles. The number of carbonyl (C=O) groups is 1. The highest BCUT2D eigenvalue weighted by Crippen LogP contribution is 2.49. The average molecular weight is 566 g/mol. The Morgan fingerprint density at radius 2 is 1.92 bits per heavy atom. The molecule has 1 aromatic carbocycles. The van der Waals surface area contributed by atoms with E-state index in [1.807, 2.05) is 23.1 Å². The number of carbonyl (C=O) groups excluding carboxylic acids is 1. The van der Waals surface area contributed by atoms with E-state index in [4.69, 9.17) is 28.9 Å². The Balaban J connectivity index is 1.67. The minimum atomic E-state index is -0.597. The SMILES string of the molecule is CC(C)(C)CC1NC(CC(=O)N2CCN(CCO)CC2)C(c2cccc(Cl)c2)C1(N)[C@@H]1C=CC(Cl)CCC1. The van der Waals surface area contributed by atoms with Crippen LogP contribution in [-0.4, -0.2) is 83.1 Å². The molecule has 2 saturated heterocycles. The van der Waals surface area contributed by atoms with E-state index < -0.39 is 5.54 Å². The second kappa shape index (κ2) is 12.6. The lowest BCUT2D eigenvalue weighted by Crippen LogP contribution is -2.59. The number of β-amino-alcohol motifs (C(OH)–C–C–N with tert-alkyl or cyclic N) is 1. The number of piperazine rings is 1. The van der Waals surface area contributed by atoms with Gasteiger partial charge in [-0.2, -0.15) is 0 Å². The van der Waals surface area contributed by atoms with Gasteiger partial charge in [0.25, 0.3) is 0 Å². The van der Waals surface area contributed by atoms with Gasteiger partial charge in [-0.05, 0) is 48.3 Å². The summed E-state index contributed by atoms with van der Waals surface area (Å²) in [6, 6.07) is 7.98. The standard InChI is InChI=1S/C30H46Cl2N4O2/c1-29(2,3)20-26-30(33,22-7-5-8-23(31)11-10-22)28(21-6-4-9-24(32)18-21)25(34-26)19-27(38)36-14-12-35(13-15-36)16-17-37/h4,6,9-11,18,22-23,25-26,28,34,37H,5,7-8,12-17,19-20,33H2,1-3H3/t22-,23?,25?,26?,28?,30?/m0/s1. The summed E-state index contributed by atoms with van der Waals surface area (Å²) >= 11 is 13.1. The molecule has 6 nitrogen and oxygen atoms in total. The number of allylic oxidation sites excluding steroid dienone is 1. The number of hydrogen-bond acceptors (Lipinski definition) is 5. The smallest absolute Gasteiger partial charge is 0.224 e. The molecule has 1 amide bonds. The van der Waals surface area contributed by atoms with Gasteiger partial charge in [0.05, 0.1) is 12.0 Å². The summed E-state index contributed by atoms with van der Waals surface area (Å²) in [6.07, 6.45) is 8.63. The van der Waals surface area contributed by atoms with Crippen molar-refractivity contribution in [2.45, 2.75) is 81.8 Å². The highest BCUT2D eigenvalue weighted by Gasteiger charge is 2.57. The van der Waals surface area contributed by atoms with Crippen molar-refractivity contribution in [1.82, 2.24) is 15.1 Å². The van der Waals surface area contributed by atoms with Crippen LogP contribution in [0.3, 0.4) is 0 Å². The average Bonchev–Trinajstić information content (AvgIpc) is 2.97. The van der Waals surface area contributed by atoms with Crippen molar-refractivity contribution >= 4 is 29.1 Å². The fourth-order valence-electron chi connectivity index (χ4n) is 6.88. The van der Waals surface area contributed by atoms with Crippen LogP contribution in [0.25, 0.3) is 0 Å². The molecule has 2 aliphatic heterocycles. The molecule has 0 bridgehead atoms. The van der Waals surface area contributed by atoms with E-state index in [1.54, 1.807) is 0 Å². The quantitative estimate of drug-likeness (QED) is 0.338. The number of aliphatic hydroxyl groups excluding tert-OH is 1. The van der Waals surface area contributed by atoms with Crippen LogP contribution in [0.2, 0.25) is 5.02 Å². The Morgan fingerprint density at radius 3 is 2.58 bits per heavy atom. The fourth-order valence-corrected chi connectivity index (χ4v) is 7.31. The van der Waals surface area contributed by atoms with Gasteiger partial charge in [-0.1, -0.05) is 63.1 Å². The van der Waals surface area contributed by atoms with Gasteiger partial charge in [0.15, 0.2) is 0 Å². The van der Waals surface area contributed by atoms with Gasteiger partial charge in [-0.15, -0.1) is 11.6 Å². The molecule has 38 heavy (non-hydrogen) atoms. The van der Waals surface area contributed by atoms with Crippen LogP contribution in [0.1, 0.15) is 64.4 Å². The molecule has 2 fully saturated rings. The summed E-state index contributed by atoms with van der Waals surface area (Å²) in [6.45, 7) is 10.5. The van der Waals surface area contributed by atoms with E-state index in [0.717, 1.165) is 44.3 Å². The van der Waals surface area contributed by atoms with Crippen LogP contribution >= 0.6 is 23.2 Å². The maximum Gasteiger partial charge on any atom is 0.224 e. The van der Waals surface area contributed by atoms with E-state index in [9.17, 15) is 9.90 Å². The number of aliphatic hydroxyl groups is 1. The number of benzene rings is 1. The first-order valence-electron chi connectivity index (χ1n) is 14.2. The summed E-state index contributed by atoms with van der Waals surface area (Å²) < 4.78 is 0. The first-order valence-corrected chi connectivity index (χ1v) is 15.1. The maximum atomic E-state index is 13.7. The summed E-state index contributed by atoms with van der Waals surface area (Å²) in [5, 5.41) is 13.9. The van der Waals surface area contributed by atoms with Crippen LogP contribution in [0.5, 0.6) is 0 Å². The predicted octanol–water partition coefficient (Wildman–Crippen LogP) is 4.39. The maximum absolute atomic E-state index is 13.7. The van der Waals surface area contributed by atoms with Crippen molar-refractivity contribution in [1.29, 1.82) is 0 Å². The Kier molecular flexibility index (Phi) is 9.87. The minimum absolute atomic E-state index is 0.0329. The normalized spacial score (nSPS) is 32.9. The fraction of sp³-hybridized carbons (Fsp3) is 0.700. The molecule has 0 aromatic heterocycles. The van der Waals surface area contributed by atoms with Gasteiger partial charge in [-0.25, -0.2) is 0 Å². The molecule has 0 saturated carbocycles. The van der Waals surface area contributed by atoms with Crippen LogP contribution < -0.4 is 11.1 Å². The van der Waals surface area contributed by atoms with Gasteiger partial charge in [-0.3, -0.25) is 9.69 Å². The number of amides is 1. The van der Waals surface area contributed by atoms with E-state index in [0.29, 0.717) is 31.1 Å². The molecule has 6 atom stereocenters. The Hall–Kier alpha value is -1.15. The zero-order valence-corrected chi connectivity index (χ0v) is 24.7. The molecule has 5 unspecified atom stereocenters. The Bertz CT molecular complexity index is 975. The molecule has 0 radical (unpaired) electrons. The second-order valence-electron chi connectivity index (χ2n) is 12.7. The zero-order valence-electron chi connectivity index (χ0n) is 23.2. The molecule has 4 rings (SSSR count). The lowest BCUT2D eigenvalue weighted by atomic mass is 9.64. The Labute approximate surface area is 238 Å².